The van der Waals surface area contributed by atoms with Crippen molar-refractivity contribution in [1.82, 2.24) is 0 Å². The molecule has 0 amide bonds. The van der Waals surface area contributed by atoms with Crippen LogP contribution in [0, 0.1) is 71.0 Å². The molecule has 6 nitrogen and oxygen atoms in total. The molecule has 0 aliphatic heterocycles. The Morgan fingerprint density at radius 3 is 0.400 bits per heavy atom. The fourth-order valence-corrected chi connectivity index (χ4v) is 0. The van der Waals surface area contributed by atoms with Crippen molar-refractivity contribution in [3.8, 4) is 0 Å². The van der Waals surface area contributed by atoms with Gasteiger partial charge in [0, 0.05) is 0 Å². The van der Waals surface area contributed by atoms with Gasteiger partial charge in [-0.3, -0.25) is 0 Å². The topological polar surface area (TPSA) is 143 Å². The van der Waals surface area contributed by atoms with Gasteiger partial charge in [-0.05, 0) is 0 Å². The van der Waals surface area contributed by atoms with Crippen molar-refractivity contribution in [2.45, 2.75) is 0 Å². The van der Waals surface area contributed by atoms with Gasteiger partial charge in [0.15, 0.2) is 0 Å². The second-order valence-electron chi connectivity index (χ2n) is 0. The van der Waals surface area contributed by atoms with Crippen LogP contribution in [0.4, 0.5) is 0 Å². The molecule has 0 spiro atoms. The summed E-state index contributed by atoms with van der Waals surface area (Å²) in [5.41, 5.74) is 0. The maximum Gasteiger partial charge on any atom is 3.00 e. The maximum atomic E-state index is 6.25. The Labute approximate surface area is 163 Å². The predicted molar refractivity (Wildman–Crippen MR) is 35.6 cm³/mol. The molecule has 0 aromatic carbocycles. The Morgan fingerprint density at radius 1 is 0.400 bits per heavy atom. The number of hydrogen-bond acceptors (Lipinski definition) is 6. The van der Waals surface area contributed by atoms with E-state index in [0.717, 1.165) is 0 Å². The minimum Gasteiger partial charge on any atom is -0.512 e. The molecular weight excluding hydrogens is 460 g/mol. The van der Waals surface area contributed by atoms with Gasteiger partial charge in [-0.2, -0.15) is 0 Å². The summed E-state index contributed by atoms with van der Waals surface area (Å²) in [6.45, 7) is 28.5. The number of hydrogen-bond donors (Lipinski definition) is 0. The van der Waals surface area contributed by atoms with Crippen LogP contribution in [0.3, 0.4) is 0 Å². The van der Waals surface area contributed by atoms with E-state index in [1.54, 1.807) is 0 Å². The molecule has 0 saturated heterocycles. The summed E-state index contributed by atoms with van der Waals surface area (Å²) >= 11 is 0. The molecule has 0 fully saturated rings. The zero-order chi connectivity index (χ0) is 12.0. The van der Waals surface area contributed by atoms with Crippen molar-refractivity contribution in [1.29, 1.82) is 31.6 Å². The maximum absolute atomic E-state index is 6.25. The van der Waals surface area contributed by atoms with E-state index in [2.05, 4.69) is 0 Å². The molecule has 0 unspecified atom stereocenters. The zero-order valence-electron chi connectivity index (χ0n) is 7.48. The zero-order valence-corrected chi connectivity index (χ0v) is 15.2. The summed E-state index contributed by atoms with van der Waals surface area (Å²) in [6.07, 6.45) is 0. The molecule has 2 radical (unpaired) electrons. The SMILES string of the molecule is [Bi+3].[C-]#N.[C-]#N.[C-]#N.[C-]#N.[C-]#N.[C-]#N.[Fe+2].[K+]. The number of rotatable bonds is 0. The Kier molecular flexibility index (Phi) is 29000000. The van der Waals surface area contributed by atoms with Gasteiger partial charge in [-0.15, -0.1) is 0 Å². The second kappa shape index (κ2) is 5320000. The van der Waals surface area contributed by atoms with E-state index in [9.17, 15) is 0 Å². The Bertz CT molecular complexity index is 103. The minimum absolute atomic E-state index is 0. The molecule has 0 N–H and O–H groups in total. The van der Waals surface area contributed by atoms with Gasteiger partial charge in [0.05, 0.1) is 0 Å². The summed E-state index contributed by atoms with van der Waals surface area (Å²) in [7, 11) is 0. The van der Waals surface area contributed by atoms with Crippen LogP contribution < -0.4 is 51.4 Å². The molecule has 0 heterocycles. The van der Waals surface area contributed by atoms with Crippen LogP contribution in [-0.2, 0) is 17.1 Å². The van der Waals surface area contributed by atoms with Crippen LogP contribution in [0.25, 0.3) is 0 Å². The molecule has 0 rings (SSSR count). The van der Waals surface area contributed by atoms with E-state index in [1.807, 2.05) is 0 Å². The Morgan fingerprint density at radius 2 is 0.400 bits per heavy atom. The van der Waals surface area contributed by atoms with E-state index in [4.69, 9.17) is 71.0 Å². The Hall–Kier alpha value is -0.0210. The first-order valence-corrected chi connectivity index (χ1v) is 1.34. The third kappa shape index (κ3) is 4530000. The first-order chi connectivity index (χ1) is 6.00. The van der Waals surface area contributed by atoms with Crippen molar-refractivity contribution >= 4 is 26.2 Å². The third-order valence-electron chi connectivity index (χ3n) is 0. The summed E-state index contributed by atoms with van der Waals surface area (Å²) in [6, 6.07) is 0. The molecule has 0 aromatic heterocycles. The fraction of sp³-hybridized carbons (Fsp3) is 0. The fourth-order valence-electron chi connectivity index (χ4n) is 0. The molecular formula is C6BiFeKN6. The van der Waals surface area contributed by atoms with Gasteiger partial charge in [0.25, 0.3) is 0 Å². The van der Waals surface area contributed by atoms with Crippen LogP contribution in [0.2, 0.25) is 0 Å². The largest absolute Gasteiger partial charge is 3.00 e. The molecule has 68 valence electrons. The van der Waals surface area contributed by atoms with Gasteiger partial charge < -0.3 is 71.0 Å². The first-order valence-electron chi connectivity index (χ1n) is 1.34. The van der Waals surface area contributed by atoms with E-state index >= 15 is 0 Å². The van der Waals surface area contributed by atoms with Crippen molar-refractivity contribution in [3.63, 3.8) is 0 Å². The van der Waals surface area contributed by atoms with Crippen LogP contribution >= 0.6 is 0 Å². The molecule has 15 heavy (non-hydrogen) atoms. The molecule has 9 heteroatoms. The summed E-state index contributed by atoms with van der Waals surface area (Å²) in [5, 5.41) is 37.5. The number of nitrogens with zero attached hydrogens (tertiary/aromatic N) is 6. The van der Waals surface area contributed by atoms with Gasteiger partial charge in [0.1, 0.15) is 0 Å². The molecule has 0 atom stereocenters. The van der Waals surface area contributed by atoms with Crippen LogP contribution in [0.1, 0.15) is 0 Å². The average molecular weight is 460 g/mol. The smallest absolute Gasteiger partial charge is 0.512 e. The molecule has 0 bridgehead atoms. The van der Waals surface area contributed by atoms with Gasteiger partial charge >= 0.3 is 94.7 Å². The second-order valence-corrected chi connectivity index (χ2v) is 0. The van der Waals surface area contributed by atoms with Gasteiger partial charge in [-0.25, -0.2) is 0 Å². The quantitative estimate of drug-likeness (QED) is 0.283. The molecule has 0 saturated carbocycles. The van der Waals surface area contributed by atoms with Crippen molar-refractivity contribution in [2.24, 2.45) is 0 Å². The van der Waals surface area contributed by atoms with Crippen LogP contribution in [-0.4, -0.2) is 26.2 Å². The standard InChI is InChI=1S/6CN.Bi.Fe.K/c6*1-2;;;/q6*-1;+3;+2;+1. The molecule has 0 aliphatic rings. The third-order valence-corrected chi connectivity index (χ3v) is 0. The normalized spacial score (nSPS) is 0.800. The van der Waals surface area contributed by atoms with E-state index in [0.29, 0.717) is 0 Å². The van der Waals surface area contributed by atoms with Crippen molar-refractivity contribution in [3.05, 3.63) is 39.4 Å². The van der Waals surface area contributed by atoms with Crippen LogP contribution in [0.5, 0.6) is 0 Å². The van der Waals surface area contributed by atoms with Crippen molar-refractivity contribution in [2.75, 3.05) is 0 Å². The summed E-state index contributed by atoms with van der Waals surface area (Å²) < 4.78 is 0. The van der Waals surface area contributed by atoms with Gasteiger partial charge in [-0.1, -0.05) is 0 Å². The molecule has 0 aromatic rings. The van der Waals surface area contributed by atoms with E-state index in [-0.39, 0.29) is 94.7 Å². The monoisotopic (exact) mass is 460 g/mol. The van der Waals surface area contributed by atoms with Crippen molar-refractivity contribution < 1.29 is 68.5 Å². The van der Waals surface area contributed by atoms with E-state index in [1.165, 1.54) is 0 Å². The van der Waals surface area contributed by atoms with E-state index < -0.39 is 0 Å². The first kappa shape index (κ1) is 81.9. The minimum atomic E-state index is 0. The Balaban J connectivity index is -0.00000000396. The van der Waals surface area contributed by atoms with Crippen LogP contribution in [0.15, 0.2) is 0 Å². The summed E-state index contributed by atoms with van der Waals surface area (Å²) in [5.74, 6) is 0. The van der Waals surface area contributed by atoms with Gasteiger partial charge in [0.2, 0.25) is 0 Å². The molecule has 0 aliphatic carbocycles. The summed E-state index contributed by atoms with van der Waals surface area (Å²) in [4.78, 5) is 0. The average Bonchev–Trinajstić information content (AvgIpc) is 2.33. The predicted octanol–water partition coefficient (Wildman–Crippen LogP) is -2.80.